The molecular weight excluding hydrogens is 412 g/mol. The summed E-state index contributed by atoms with van der Waals surface area (Å²) in [6, 6.07) is 7.44. The summed E-state index contributed by atoms with van der Waals surface area (Å²) in [6.07, 6.45) is 0. The molecule has 9 heteroatoms. The average molecular weight is 431 g/mol. The van der Waals surface area contributed by atoms with Crippen LogP contribution in [0, 0.1) is 0 Å². The maximum absolute atomic E-state index is 13.3. The van der Waals surface area contributed by atoms with Gasteiger partial charge in [-0.2, -0.15) is 10.1 Å². The van der Waals surface area contributed by atoms with Crippen LogP contribution in [0.5, 0.6) is 0 Å². The molecule has 1 aliphatic heterocycles. The van der Waals surface area contributed by atoms with E-state index >= 15 is 0 Å². The number of anilines is 1. The first-order valence-corrected chi connectivity index (χ1v) is 9.34. The van der Waals surface area contributed by atoms with E-state index in [2.05, 4.69) is 26.0 Å². The molecule has 8 nitrogen and oxygen atoms in total. The fraction of sp³-hybridized carbons (Fsp3) is 0.333. The Hall–Kier alpha value is -2.68. The summed E-state index contributed by atoms with van der Waals surface area (Å²) in [5.74, 6) is 0.552. The van der Waals surface area contributed by atoms with Crippen LogP contribution in [0.4, 0.5) is 5.95 Å². The Morgan fingerprint density at radius 1 is 1.15 bits per heavy atom. The molecule has 0 saturated carbocycles. The van der Waals surface area contributed by atoms with Gasteiger partial charge in [-0.1, -0.05) is 28.1 Å². The number of hydrogen-bond donors (Lipinski definition) is 0. The molecule has 0 saturated heterocycles. The van der Waals surface area contributed by atoms with Crippen molar-refractivity contribution >= 4 is 38.8 Å². The minimum atomic E-state index is -0.390. The van der Waals surface area contributed by atoms with E-state index in [4.69, 9.17) is 0 Å². The van der Waals surface area contributed by atoms with Gasteiger partial charge in [-0.15, -0.1) is 0 Å². The highest BCUT2D eigenvalue weighted by molar-refractivity contribution is 9.10. The zero-order valence-corrected chi connectivity index (χ0v) is 17.1. The molecule has 3 aromatic rings. The molecule has 4 rings (SSSR count). The lowest BCUT2D eigenvalue weighted by atomic mass is 10.2. The van der Waals surface area contributed by atoms with E-state index in [1.807, 2.05) is 42.7 Å². The molecule has 0 radical (unpaired) electrons. The molecule has 0 N–H and O–H groups in total. The molecule has 0 bridgehead atoms. The van der Waals surface area contributed by atoms with E-state index in [1.54, 1.807) is 19.1 Å². The average Bonchev–Trinajstić information content (AvgIpc) is 3.05. The molecule has 1 aromatic carbocycles. The van der Waals surface area contributed by atoms with Crippen molar-refractivity contribution in [1.82, 2.24) is 18.7 Å². The predicted octanol–water partition coefficient (Wildman–Crippen LogP) is 2.09. The third-order valence-electron chi connectivity index (χ3n) is 5.00. The van der Waals surface area contributed by atoms with Crippen molar-refractivity contribution in [3.05, 3.63) is 55.1 Å². The number of benzene rings is 1. The molecule has 0 fully saturated rings. The van der Waals surface area contributed by atoms with Crippen molar-refractivity contribution in [3.8, 4) is 0 Å². The van der Waals surface area contributed by atoms with Crippen LogP contribution in [-0.4, -0.2) is 31.4 Å². The summed E-state index contributed by atoms with van der Waals surface area (Å²) >= 11 is 3.40. The number of nitrogens with zero attached hydrogens (tertiary/aromatic N) is 6. The van der Waals surface area contributed by atoms with Gasteiger partial charge in [0.1, 0.15) is 0 Å². The molecule has 0 amide bonds. The Morgan fingerprint density at radius 3 is 2.48 bits per heavy atom. The zero-order valence-electron chi connectivity index (χ0n) is 15.5. The Balaban J connectivity index is 1.99. The number of rotatable bonds is 2. The van der Waals surface area contributed by atoms with Gasteiger partial charge in [-0.25, -0.2) is 9.80 Å². The van der Waals surface area contributed by atoms with Crippen LogP contribution in [0.25, 0.3) is 11.2 Å². The van der Waals surface area contributed by atoms with Crippen LogP contribution in [0.3, 0.4) is 0 Å². The highest BCUT2D eigenvalue weighted by Crippen LogP contribution is 2.28. The molecule has 1 atom stereocenters. The minimum Gasteiger partial charge on any atom is -0.294 e. The van der Waals surface area contributed by atoms with Crippen LogP contribution < -0.4 is 16.3 Å². The predicted molar refractivity (Wildman–Crippen MR) is 109 cm³/mol. The van der Waals surface area contributed by atoms with Crippen molar-refractivity contribution in [2.24, 2.45) is 12.1 Å². The number of aromatic nitrogens is 4. The fourth-order valence-corrected chi connectivity index (χ4v) is 3.65. The quantitative estimate of drug-likeness (QED) is 0.623. The Bertz CT molecular complexity index is 1200. The van der Waals surface area contributed by atoms with Crippen molar-refractivity contribution in [2.75, 3.05) is 12.1 Å². The Labute approximate surface area is 163 Å². The first kappa shape index (κ1) is 17.7. The van der Waals surface area contributed by atoms with Gasteiger partial charge in [0.2, 0.25) is 5.95 Å². The summed E-state index contributed by atoms with van der Waals surface area (Å²) in [4.78, 5) is 30.7. The first-order chi connectivity index (χ1) is 12.8. The maximum Gasteiger partial charge on any atom is 0.332 e. The second kappa shape index (κ2) is 6.19. The fourth-order valence-electron chi connectivity index (χ4n) is 3.39. The first-order valence-electron chi connectivity index (χ1n) is 8.54. The molecule has 0 unspecified atom stereocenters. The van der Waals surface area contributed by atoms with Crippen molar-refractivity contribution in [2.45, 2.75) is 26.4 Å². The largest absolute Gasteiger partial charge is 0.332 e. The smallest absolute Gasteiger partial charge is 0.294 e. The topological polar surface area (TPSA) is 77.4 Å². The third-order valence-corrected chi connectivity index (χ3v) is 5.53. The van der Waals surface area contributed by atoms with Gasteiger partial charge in [0.05, 0.1) is 18.3 Å². The lowest BCUT2D eigenvalue weighted by Gasteiger charge is -2.26. The van der Waals surface area contributed by atoms with Crippen LogP contribution >= 0.6 is 15.9 Å². The highest BCUT2D eigenvalue weighted by Gasteiger charge is 2.29. The van der Waals surface area contributed by atoms with Crippen molar-refractivity contribution in [3.63, 3.8) is 0 Å². The molecule has 1 aliphatic rings. The second-order valence-corrected chi connectivity index (χ2v) is 7.67. The van der Waals surface area contributed by atoms with Gasteiger partial charge in [0, 0.05) is 18.6 Å². The van der Waals surface area contributed by atoms with E-state index in [0.29, 0.717) is 17.1 Å². The molecule has 0 spiro atoms. The molecule has 140 valence electrons. The summed E-state index contributed by atoms with van der Waals surface area (Å²) < 4.78 is 5.49. The number of aryl methyl sites for hydroxylation is 1. The van der Waals surface area contributed by atoms with E-state index in [9.17, 15) is 9.59 Å². The third kappa shape index (κ3) is 2.64. The van der Waals surface area contributed by atoms with Crippen LogP contribution in [-0.2, 0) is 13.6 Å². The normalized spacial score (nSPS) is 16.6. The lowest BCUT2D eigenvalue weighted by molar-refractivity contribution is 0.638. The van der Waals surface area contributed by atoms with Crippen LogP contribution in [0.1, 0.15) is 25.5 Å². The highest BCUT2D eigenvalue weighted by atomic mass is 79.9. The molecule has 2 aromatic heterocycles. The van der Waals surface area contributed by atoms with Crippen LogP contribution in [0.15, 0.2) is 43.4 Å². The van der Waals surface area contributed by atoms with Crippen LogP contribution in [0.2, 0.25) is 0 Å². The standard InChI is InChI=1S/C18H19BrN6O2/c1-10-11(2)25-14-15(20-17(25)23(4)21-10)22(3)18(27)24(16(14)26)9-12-5-7-13(19)8-6-12/h5-8,11H,9H2,1-4H3/t11-/m1/s1. The van der Waals surface area contributed by atoms with E-state index < -0.39 is 0 Å². The molecular formula is C18H19BrN6O2. The summed E-state index contributed by atoms with van der Waals surface area (Å²) in [5.41, 5.74) is 1.80. The number of hydrazone groups is 1. The molecule has 0 aliphatic carbocycles. The summed E-state index contributed by atoms with van der Waals surface area (Å²) in [6.45, 7) is 4.09. The number of fused-ring (bicyclic) bond motifs is 3. The number of imidazole rings is 1. The lowest BCUT2D eigenvalue weighted by Crippen LogP contribution is -2.40. The van der Waals surface area contributed by atoms with Gasteiger partial charge >= 0.3 is 5.69 Å². The monoisotopic (exact) mass is 430 g/mol. The van der Waals surface area contributed by atoms with E-state index in [-0.39, 0.29) is 23.8 Å². The Morgan fingerprint density at radius 2 is 1.81 bits per heavy atom. The zero-order chi connectivity index (χ0) is 19.5. The minimum absolute atomic E-state index is 0.118. The number of halogens is 1. The van der Waals surface area contributed by atoms with E-state index in [1.165, 1.54) is 9.13 Å². The Kier molecular flexibility index (Phi) is 4.06. The van der Waals surface area contributed by atoms with Gasteiger partial charge in [-0.05, 0) is 31.5 Å². The second-order valence-electron chi connectivity index (χ2n) is 6.75. The van der Waals surface area contributed by atoms with Gasteiger partial charge in [0.15, 0.2) is 11.2 Å². The van der Waals surface area contributed by atoms with Gasteiger partial charge in [-0.3, -0.25) is 18.5 Å². The molecule has 3 heterocycles. The van der Waals surface area contributed by atoms with Gasteiger partial charge in [0.25, 0.3) is 5.56 Å². The summed E-state index contributed by atoms with van der Waals surface area (Å²) in [5, 5.41) is 6.08. The maximum atomic E-state index is 13.3. The van der Waals surface area contributed by atoms with Crippen molar-refractivity contribution < 1.29 is 0 Å². The van der Waals surface area contributed by atoms with E-state index in [0.717, 1.165) is 15.7 Å². The van der Waals surface area contributed by atoms with Crippen molar-refractivity contribution in [1.29, 1.82) is 0 Å². The number of hydrogen-bond acceptors (Lipinski definition) is 5. The summed E-state index contributed by atoms with van der Waals surface area (Å²) in [7, 11) is 3.42. The molecule has 27 heavy (non-hydrogen) atoms. The van der Waals surface area contributed by atoms with Gasteiger partial charge < -0.3 is 0 Å². The SMILES string of the molecule is CC1=NN(C)c2nc3c(c(=O)n(Cc4ccc(Br)cc4)c(=O)n3C)n2[C@@H]1C.